The van der Waals surface area contributed by atoms with Crippen molar-refractivity contribution in [1.82, 2.24) is 14.9 Å². The number of nitrogens with zero attached hydrogens (tertiary/aromatic N) is 5. The number of carbonyl (C=O) groups excluding carboxylic acids is 1. The van der Waals surface area contributed by atoms with Gasteiger partial charge in [-0.3, -0.25) is 4.31 Å². The maximum atomic E-state index is 15.1. The van der Waals surface area contributed by atoms with E-state index in [1.165, 1.54) is 19.3 Å². The Hall–Kier alpha value is -3.84. The number of aromatic nitrogens is 2. The SMILES string of the molecule is CCCCOC(=O)N1CCN(c2ccc(Nc3ncc(Cl)c(Nc4ccccc4N(C)S(C)(=O)=O)n3)cc2F)CC1. The van der Waals surface area contributed by atoms with Crippen molar-refractivity contribution in [1.29, 1.82) is 0 Å². The zero-order valence-electron chi connectivity index (χ0n) is 23.1. The molecule has 0 aliphatic carbocycles. The van der Waals surface area contributed by atoms with E-state index in [1.807, 2.05) is 11.8 Å². The van der Waals surface area contributed by atoms with Gasteiger partial charge in [-0.1, -0.05) is 37.1 Å². The molecule has 2 aromatic carbocycles. The summed E-state index contributed by atoms with van der Waals surface area (Å²) < 4.78 is 45.7. The van der Waals surface area contributed by atoms with E-state index in [2.05, 4.69) is 20.6 Å². The molecule has 1 saturated heterocycles. The van der Waals surface area contributed by atoms with Crippen LogP contribution in [-0.2, 0) is 14.8 Å². The lowest BCUT2D eigenvalue weighted by Crippen LogP contribution is -2.49. The summed E-state index contributed by atoms with van der Waals surface area (Å²) in [7, 11) is -2.05. The molecule has 0 spiro atoms. The Bertz CT molecular complexity index is 1490. The standard InChI is InChI=1S/C27H33ClFN7O4S/c1-4-5-16-40-27(37)36-14-12-35(13-15-36)23-11-10-19(17-21(23)29)31-26-30-18-20(28)25(33-26)32-22-8-6-7-9-24(22)34(2)41(3,38)39/h6-11,17-18H,4-5,12-16H2,1-3H3,(H2,30,31,32,33). The first-order valence-electron chi connectivity index (χ1n) is 13.1. The van der Waals surface area contributed by atoms with Crippen LogP contribution in [0.2, 0.25) is 5.02 Å². The molecule has 0 radical (unpaired) electrons. The quantitative estimate of drug-likeness (QED) is 0.300. The Kier molecular flexibility index (Phi) is 9.71. The van der Waals surface area contributed by atoms with Gasteiger partial charge in [0.25, 0.3) is 0 Å². The van der Waals surface area contributed by atoms with Gasteiger partial charge in [-0.2, -0.15) is 4.98 Å². The highest BCUT2D eigenvalue weighted by atomic mass is 35.5. The summed E-state index contributed by atoms with van der Waals surface area (Å²) in [6.07, 6.45) is 3.94. The minimum Gasteiger partial charge on any atom is -0.449 e. The lowest BCUT2D eigenvalue weighted by atomic mass is 10.2. The van der Waals surface area contributed by atoms with Gasteiger partial charge in [-0.05, 0) is 36.8 Å². The lowest BCUT2D eigenvalue weighted by Gasteiger charge is -2.35. The number of halogens is 2. The van der Waals surface area contributed by atoms with Gasteiger partial charge in [0.15, 0.2) is 5.82 Å². The molecular weight excluding hydrogens is 573 g/mol. The third-order valence-electron chi connectivity index (χ3n) is 6.54. The van der Waals surface area contributed by atoms with Crippen molar-refractivity contribution in [2.45, 2.75) is 19.8 Å². The molecule has 2 heterocycles. The van der Waals surface area contributed by atoms with E-state index >= 15 is 4.39 Å². The second-order valence-electron chi connectivity index (χ2n) is 9.50. The third kappa shape index (κ3) is 7.67. The molecule has 0 unspecified atom stereocenters. The van der Waals surface area contributed by atoms with Crippen LogP contribution < -0.4 is 19.8 Å². The first kappa shape index (κ1) is 30.1. The molecule has 0 bridgehead atoms. The molecule has 4 rings (SSSR count). The summed E-state index contributed by atoms with van der Waals surface area (Å²) in [4.78, 5) is 24.3. The maximum Gasteiger partial charge on any atom is 0.409 e. The number of hydrogen-bond acceptors (Lipinski definition) is 9. The Morgan fingerprint density at radius 2 is 1.88 bits per heavy atom. The van der Waals surface area contributed by atoms with E-state index in [9.17, 15) is 13.2 Å². The number of piperazine rings is 1. The first-order valence-corrected chi connectivity index (χ1v) is 15.3. The van der Waals surface area contributed by atoms with E-state index in [4.69, 9.17) is 16.3 Å². The number of benzene rings is 2. The Labute approximate surface area is 244 Å². The summed E-state index contributed by atoms with van der Waals surface area (Å²) in [5.74, 6) is -0.0334. The highest BCUT2D eigenvalue weighted by Crippen LogP contribution is 2.32. The predicted octanol–water partition coefficient (Wildman–Crippen LogP) is 5.21. The molecule has 1 aromatic heterocycles. The minimum absolute atomic E-state index is 0.160. The fraction of sp³-hybridized carbons (Fsp3) is 0.370. The molecule has 1 fully saturated rings. The number of nitrogens with one attached hydrogen (secondary N) is 2. The second kappa shape index (κ2) is 13.2. The Morgan fingerprint density at radius 3 is 2.56 bits per heavy atom. The molecule has 41 heavy (non-hydrogen) atoms. The topological polar surface area (TPSA) is 120 Å². The second-order valence-corrected chi connectivity index (χ2v) is 11.9. The minimum atomic E-state index is -3.50. The zero-order valence-corrected chi connectivity index (χ0v) is 24.7. The number of hydrogen-bond donors (Lipinski definition) is 2. The number of sulfonamides is 1. The summed E-state index contributed by atoms with van der Waals surface area (Å²) in [6, 6.07) is 11.6. The van der Waals surface area contributed by atoms with Crippen molar-refractivity contribution in [3.05, 3.63) is 59.5 Å². The van der Waals surface area contributed by atoms with Crippen LogP contribution in [0.3, 0.4) is 0 Å². The van der Waals surface area contributed by atoms with Crippen molar-refractivity contribution >= 4 is 62.2 Å². The number of carbonyl (C=O) groups is 1. The summed E-state index contributed by atoms with van der Waals surface area (Å²) in [5, 5.41) is 6.25. The average molecular weight is 606 g/mol. The molecule has 1 amide bonds. The fourth-order valence-electron chi connectivity index (χ4n) is 4.17. The van der Waals surface area contributed by atoms with Crippen LogP contribution in [0.5, 0.6) is 0 Å². The molecule has 14 heteroatoms. The van der Waals surface area contributed by atoms with Crippen molar-refractivity contribution in [2.75, 3.05) is 65.9 Å². The van der Waals surface area contributed by atoms with Crippen LogP contribution in [-0.4, -0.2) is 75.5 Å². The summed E-state index contributed by atoms with van der Waals surface area (Å²) in [5.41, 5.74) is 1.73. The number of unbranched alkanes of at least 4 members (excludes halogenated alkanes) is 1. The summed E-state index contributed by atoms with van der Waals surface area (Å²) >= 11 is 6.32. The van der Waals surface area contributed by atoms with Crippen LogP contribution in [0.4, 0.5) is 43.7 Å². The van der Waals surface area contributed by atoms with E-state index in [1.54, 1.807) is 41.3 Å². The van der Waals surface area contributed by atoms with Crippen LogP contribution in [0.25, 0.3) is 0 Å². The molecule has 220 valence electrons. The molecule has 11 nitrogen and oxygen atoms in total. The average Bonchev–Trinajstić information content (AvgIpc) is 2.94. The Balaban J connectivity index is 1.43. The van der Waals surface area contributed by atoms with E-state index < -0.39 is 15.8 Å². The first-order chi connectivity index (χ1) is 19.6. The molecule has 0 atom stereocenters. The van der Waals surface area contributed by atoms with Crippen LogP contribution in [0.15, 0.2) is 48.7 Å². The number of rotatable bonds is 10. The van der Waals surface area contributed by atoms with Crippen molar-refractivity contribution in [3.8, 4) is 0 Å². The van der Waals surface area contributed by atoms with Crippen molar-refractivity contribution in [3.63, 3.8) is 0 Å². The lowest BCUT2D eigenvalue weighted by molar-refractivity contribution is 0.0989. The van der Waals surface area contributed by atoms with Gasteiger partial charge in [0.2, 0.25) is 16.0 Å². The monoisotopic (exact) mass is 605 g/mol. The largest absolute Gasteiger partial charge is 0.449 e. The number of amides is 1. The third-order valence-corrected chi connectivity index (χ3v) is 8.01. The van der Waals surface area contributed by atoms with Gasteiger partial charge in [0.1, 0.15) is 10.8 Å². The Morgan fingerprint density at radius 1 is 1.15 bits per heavy atom. The predicted molar refractivity (Wildman–Crippen MR) is 160 cm³/mol. The van der Waals surface area contributed by atoms with Crippen molar-refractivity contribution < 1.29 is 22.3 Å². The van der Waals surface area contributed by atoms with Gasteiger partial charge in [0.05, 0.1) is 36.1 Å². The molecular formula is C27H33ClFN7O4S. The van der Waals surface area contributed by atoms with Crippen LogP contribution >= 0.6 is 11.6 Å². The van der Waals surface area contributed by atoms with E-state index in [0.29, 0.717) is 55.5 Å². The number of para-hydroxylation sites is 2. The fourth-order valence-corrected chi connectivity index (χ4v) is 4.83. The molecule has 2 N–H and O–H groups in total. The van der Waals surface area contributed by atoms with E-state index in [-0.39, 0.29) is 22.9 Å². The number of anilines is 6. The molecule has 1 aliphatic rings. The molecule has 1 aliphatic heterocycles. The normalized spacial score (nSPS) is 13.6. The zero-order chi connectivity index (χ0) is 29.6. The highest BCUT2D eigenvalue weighted by Gasteiger charge is 2.24. The van der Waals surface area contributed by atoms with Gasteiger partial charge >= 0.3 is 6.09 Å². The highest BCUT2D eigenvalue weighted by molar-refractivity contribution is 7.92. The molecule has 3 aromatic rings. The van der Waals surface area contributed by atoms with Gasteiger partial charge < -0.3 is 25.2 Å². The maximum absolute atomic E-state index is 15.1. The smallest absolute Gasteiger partial charge is 0.409 e. The van der Waals surface area contributed by atoms with Crippen molar-refractivity contribution in [2.24, 2.45) is 0 Å². The van der Waals surface area contributed by atoms with Gasteiger partial charge in [0, 0.05) is 38.9 Å². The number of ether oxygens (including phenoxy) is 1. The van der Waals surface area contributed by atoms with Gasteiger partial charge in [-0.25, -0.2) is 22.6 Å². The van der Waals surface area contributed by atoms with Crippen LogP contribution in [0, 0.1) is 5.82 Å². The van der Waals surface area contributed by atoms with E-state index in [0.717, 1.165) is 23.4 Å². The summed E-state index contributed by atoms with van der Waals surface area (Å²) in [6.45, 7) is 4.30. The van der Waals surface area contributed by atoms with Gasteiger partial charge in [-0.15, -0.1) is 0 Å². The molecule has 0 saturated carbocycles. The van der Waals surface area contributed by atoms with Crippen LogP contribution in [0.1, 0.15) is 19.8 Å².